The summed E-state index contributed by atoms with van der Waals surface area (Å²) < 4.78 is 51.3. The lowest BCUT2D eigenvalue weighted by molar-refractivity contribution is -0.137. The van der Waals surface area contributed by atoms with Crippen LogP contribution in [0.4, 0.5) is 17.6 Å². The minimum Gasteiger partial charge on any atom is -0.384 e. The minimum atomic E-state index is -4.44. The molecular formula is C14H9BrF4O. The molecule has 1 N–H and O–H groups in total. The molecule has 0 aliphatic heterocycles. The molecule has 0 radical (unpaired) electrons. The molecule has 0 heterocycles. The molecule has 0 aliphatic rings. The van der Waals surface area contributed by atoms with Crippen molar-refractivity contribution in [3.8, 4) is 0 Å². The quantitative estimate of drug-likeness (QED) is 0.780. The Kier molecular flexibility index (Phi) is 4.15. The van der Waals surface area contributed by atoms with Crippen LogP contribution in [0.1, 0.15) is 22.8 Å². The maximum Gasteiger partial charge on any atom is 0.416 e. The molecule has 0 saturated heterocycles. The highest BCUT2D eigenvalue weighted by atomic mass is 79.9. The first-order chi connectivity index (χ1) is 9.30. The Morgan fingerprint density at radius 2 is 1.60 bits per heavy atom. The number of aliphatic hydroxyl groups excluding tert-OH is 1. The summed E-state index contributed by atoms with van der Waals surface area (Å²) in [5, 5.41) is 10.0. The van der Waals surface area contributed by atoms with Gasteiger partial charge in [0.05, 0.1) is 10.0 Å². The average Bonchev–Trinajstić information content (AvgIpc) is 2.40. The largest absolute Gasteiger partial charge is 0.416 e. The van der Waals surface area contributed by atoms with Crippen LogP contribution in [-0.2, 0) is 6.18 Å². The van der Waals surface area contributed by atoms with Gasteiger partial charge in [-0.3, -0.25) is 0 Å². The van der Waals surface area contributed by atoms with E-state index in [2.05, 4.69) is 15.9 Å². The second kappa shape index (κ2) is 5.54. The lowest BCUT2D eigenvalue weighted by Crippen LogP contribution is -2.07. The van der Waals surface area contributed by atoms with Gasteiger partial charge >= 0.3 is 6.18 Å². The van der Waals surface area contributed by atoms with Crippen molar-refractivity contribution >= 4 is 15.9 Å². The van der Waals surface area contributed by atoms with E-state index < -0.39 is 23.7 Å². The van der Waals surface area contributed by atoms with Crippen LogP contribution in [0.15, 0.2) is 46.9 Å². The van der Waals surface area contributed by atoms with E-state index in [4.69, 9.17) is 0 Å². The highest BCUT2D eigenvalue weighted by Gasteiger charge is 2.30. The average molecular weight is 349 g/mol. The van der Waals surface area contributed by atoms with Gasteiger partial charge in [0, 0.05) is 5.56 Å². The van der Waals surface area contributed by atoms with E-state index in [9.17, 15) is 22.7 Å². The van der Waals surface area contributed by atoms with Crippen molar-refractivity contribution < 1.29 is 22.7 Å². The zero-order valence-electron chi connectivity index (χ0n) is 9.96. The van der Waals surface area contributed by atoms with Crippen molar-refractivity contribution in [1.82, 2.24) is 0 Å². The third-order valence-corrected chi connectivity index (χ3v) is 3.44. The molecule has 1 atom stereocenters. The van der Waals surface area contributed by atoms with Crippen LogP contribution >= 0.6 is 15.9 Å². The van der Waals surface area contributed by atoms with Crippen molar-refractivity contribution in [2.75, 3.05) is 0 Å². The number of hydrogen-bond donors (Lipinski definition) is 1. The molecule has 1 unspecified atom stereocenters. The number of alkyl halides is 3. The maximum atomic E-state index is 13.8. The fraction of sp³-hybridized carbons (Fsp3) is 0.143. The Balaban J connectivity index is 2.34. The van der Waals surface area contributed by atoms with Crippen LogP contribution in [0.3, 0.4) is 0 Å². The second-order valence-corrected chi connectivity index (χ2v) is 5.02. The Labute approximate surface area is 121 Å². The van der Waals surface area contributed by atoms with Gasteiger partial charge in [-0.1, -0.05) is 24.3 Å². The van der Waals surface area contributed by atoms with Crippen LogP contribution in [0.5, 0.6) is 0 Å². The van der Waals surface area contributed by atoms with E-state index >= 15 is 0 Å². The molecule has 0 aliphatic carbocycles. The second-order valence-electron chi connectivity index (χ2n) is 4.17. The van der Waals surface area contributed by atoms with Crippen molar-refractivity contribution in [3.05, 3.63) is 69.4 Å². The zero-order chi connectivity index (χ0) is 14.9. The van der Waals surface area contributed by atoms with E-state index in [1.54, 1.807) is 0 Å². The lowest BCUT2D eigenvalue weighted by Gasteiger charge is -2.14. The molecule has 0 saturated carbocycles. The normalized spacial score (nSPS) is 13.3. The SMILES string of the molecule is OC(c1ccc(C(F)(F)F)cc1)c1cccc(Br)c1F. The summed E-state index contributed by atoms with van der Waals surface area (Å²) in [4.78, 5) is 0. The number of rotatable bonds is 2. The zero-order valence-corrected chi connectivity index (χ0v) is 11.5. The first-order valence-electron chi connectivity index (χ1n) is 5.60. The van der Waals surface area contributed by atoms with Gasteiger partial charge in [0.25, 0.3) is 0 Å². The van der Waals surface area contributed by atoms with E-state index in [0.29, 0.717) is 0 Å². The summed E-state index contributed by atoms with van der Waals surface area (Å²) in [6.45, 7) is 0. The molecular weight excluding hydrogens is 340 g/mol. The summed E-state index contributed by atoms with van der Waals surface area (Å²) in [5.41, 5.74) is -0.628. The molecule has 2 aromatic carbocycles. The van der Waals surface area contributed by atoms with Gasteiger partial charge in [0.15, 0.2) is 0 Å². The monoisotopic (exact) mass is 348 g/mol. The van der Waals surface area contributed by atoms with Crippen LogP contribution in [0.2, 0.25) is 0 Å². The Morgan fingerprint density at radius 1 is 1.00 bits per heavy atom. The van der Waals surface area contributed by atoms with Crippen molar-refractivity contribution in [2.24, 2.45) is 0 Å². The van der Waals surface area contributed by atoms with Crippen LogP contribution in [0, 0.1) is 5.82 Å². The third kappa shape index (κ3) is 3.02. The third-order valence-electron chi connectivity index (χ3n) is 2.83. The van der Waals surface area contributed by atoms with E-state index in [1.165, 1.54) is 18.2 Å². The molecule has 2 rings (SSSR count). The molecule has 6 heteroatoms. The van der Waals surface area contributed by atoms with E-state index in [1.807, 2.05) is 0 Å². The highest BCUT2D eigenvalue weighted by molar-refractivity contribution is 9.10. The van der Waals surface area contributed by atoms with Gasteiger partial charge in [0.1, 0.15) is 11.9 Å². The summed E-state index contributed by atoms with van der Waals surface area (Å²) in [5.74, 6) is -0.639. The number of halogens is 5. The predicted octanol–water partition coefficient (Wildman–Crippen LogP) is 4.69. The molecule has 0 bridgehead atoms. The Hall–Kier alpha value is -1.40. The molecule has 2 aromatic rings. The first kappa shape index (κ1) is 15.0. The molecule has 0 fully saturated rings. The minimum absolute atomic E-state index is 0.000802. The molecule has 0 amide bonds. The molecule has 0 spiro atoms. The fourth-order valence-corrected chi connectivity index (χ4v) is 2.15. The van der Waals surface area contributed by atoms with Crippen molar-refractivity contribution in [2.45, 2.75) is 12.3 Å². The lowest BCUT2D eigenvalue weighted by atomic mass is 10.00. The smallest absolute Gasteiger partial charge is 0.384 e. The Bertz CT molecular complexity index is 608. The molecule has 106 valence electrons. The van der Waals surface area contributed by atoms with Gasteiger partial charge in [-0.15, -0.1) is 0 Å². The van der Waals surface area contributed by atoms with Crippen molar-refractivity contribution in [1.29, 1.82) is 0 Å². The summed E-state index contributed by atoms with van der Waals surface area (Å²) in [7, 11) is 0. The summed E-state index contributed by atoms with van der Waals surface area (Å²) in [6.07, 6.45) is -5.76. The van der Waals surface area contributed by atoms with Crippen LogP contribution in [-0.4, -0.2) is 5.11 Å². The van der Waals surface area contributed by atoms with Gasteiger partial charge in [0.2, 0.25) is 0 Å². The maximum absolute atomic E-state index is 13.8. The summed E-state index contributed by atoms with van der Waals surface area (Å²) in [6, 6.07) is 8.36. The fourth-order valence-electron chi connectivity index (χ4n) is 1.77. The molecule has 1 nitrogen and oxygen atoms in total. The molecule has 0 aromatic heterocycles. The van der Waals surface area contributed by atoms with E-state index in [0.717, 1.165) is 24.3 Å². The van der Waals surface area contributed by atoms with Gasteiger partial charge in [-0.2, -0.15) is 13.2 Å². The van der Waals surface area contributed by atoms with Gasteiger partial charge in [-0.25, -0.2) is 4.39 Å². The highest BCUT2D eigenvalue weighted by Crippen LogP contribution is 2.32. The first-order valence-corrected chi connectivity index (χ1v) is 6.39. The van der Waals surface area contributed by atoms with Gasteiger partial charge < -0.3 is 5.11 Å². The number of hydrogen-bond acceptors (Lipinski definition) is 1. The van der Waals surface area contributed by atoms with E-state index in [-0.39, 0.29) is 15.6 Å². The van der Waals surface area contributed by atoms with Crippen molar-refractivity contribution in [3.63, 3.8) is 0 Å². The van der Waals surface area contributed by atoms with Crippen LogP contribution in [0.25, 0.3) is 0 Å². The standard InChI is InChI=1S/C14H9BrF4O/c15-11-3-1-2-10(12(11)16)13(20)8-4-6-9(7-5-8)14(17,18)19/h1-7,13,20H. The topological polar surface area (TPSA) is 20.2 Å². The van der Waals surface area contributed by atoms with Gasteiger partial charge in [-0.05, 0) is 39.7 Å². The number of benzene rings is 2. The number of aliphatic hydroxyl groups is 1. The predicted molar refractivity (Wildman–Crippen MR) is 69.6 cm³/mol. The molecule has 20 heavy (non-hydrogen) atoms. The Morgan fingerprint density at radius 3 is 2.15 bits per heavy atom. The van der Waals surface area contributed by atoms with Crippen LogP contribution < -0.4 is 0 Å². The summed E-state index contributed by atoms with van der Waals surface area (Å²) >= 11 is 2.99.